The lowest BCUT2D eigenvalue weighted by atomic mass is 10.00. The van der Waals surface area contributed by atoms with Crippen molar-refractivity contribution >= 4 is 10.9 Å². The van der Waals surface area contributed by atoms with E-state index < -0.39 is 0 Å². The zero-order chi connectivity index (χ0) is 18.5. The number of aromatic nitrogens is 4. The standard InChI is InChI=1S/C20H18N4O3/c1-11-17(12(2)27-23-11)13-7-8-14-18-19(13)26-10-16(15-6-4-5-9-21-15)24(18)22-20(14)25-3/h4-9,16H,10H2,1-3H3. The second kappa shape index (κ2) is 5.84. The van der Waals surface area contributed by atoms with Crippen LogP contribution in [0.5, 0.6) is 11.6 Å². The van der Waals surface area contributed by atoms with Crippen molar-refractivity contribution in [2.75, 3.05) is 13.7 Å². The van der Waals surface area contributed by atoms with E-state index in [0.717, 1.165) is 44.9 Å². The Kier molecular flexibility index (Phi) is 3.43. The van der Waals surface area contributed by atoms with E-state index in [1.165, 1.54) is 0 Å². The molecule has 0 spiro atoms. The Labute approximate surface area is 155 Å². The normalized spacial score (nSPS) is 15.7. The minimum Gasteiger partial charge on any atom is -0.488 e. The summed E-state index contributed by atoms with van der Waals surface area (Å²) in [4.78, 5) is 4.49. The van der Waals surface area contributed by atoms with Gasteiger partial charge in [0, 0.05) is 11.8 Å². The second-order valence-corrected chi connectivity index (χ2v) is 6.57. The Balaban J connectivity index is 1.80. The fraction of sp³-hybridized carbons (Fsp3) is 0.250. The van der Waals surface area contributed by atoms with Crippen LogP contribution in [0.4, 0.5) is 0 Å². The van der Waals surface area contributed by atoms with Crippen molar-refractivity contribution in [3.63, 3.8) is 0 Å². The average molecular weight is 362 g/mol. The number of ether oxygens (including phenoxy) is 2. The largest absolute Gasteiger partial charge is 0.488 e. The molecule has 0 saturated carbocycles. The van der Waals surface area contributed by atoms with Crippen LogP contribution in [0.3, 0.4) is 0 Å². The summed E-state index contributed by atoms with van der Waals surface area (Å²) >= 11 is 0. The lowest BCUT2D eigenvalue weighted by Crippen LogP contribution is -2.25. The minimum absolute atomic E-state index is 0.120. The third kappa shape index (κ3) is 2.24. The van der Waals surface area contributed by atoms with E-state index in [4.69, 9.17) is 19.1 Å². The van der Waals surface area contributed by atoms with Gasteiger partial charge in [-0.3, -0.25) is 4.98 Å². The molecule has 1 aliphatic rings. The van der Waals surface area contributed by atoms with Gasteiger partial charge in [0.2, 0.25) is 5.88 Å². The quantitative estimate of drug-likeness (QED) is 0.553. The molecule has 27 heavy (non-hydrogen) atoms. The Morgan fingerprint density at radius 1 is 1.19 bits per heavy atom. The number of nitrogens with zero attached hydrogens (tertiary/aromatic N) is 4. The Bertz CT molecular complexity index is 1130. The SMILES string of the molecule is COc1nn2c3c(c(-c4c(C)noc4C)ccc13)OCC2c1ccccn1. The predicted octanol–water partition coefficient (Wildman–Crippen LogP) is 3.69. The second-order valence-electron chi connectivity index (χ2n) is 6.57. The molecule has 1 aromatic carbocycles. The van der Waals surface area contributed by atoms with Gasteiger partial charge in [-0.2, -0.15) is 0 Å². The molecule has 5 rings (SSSR count). The number of hydrogen-bond donors (Lipinski definition) is 0. The van der Waals surface area contributed by atoms with Gasteiger partial charge in [-0.25, -0.2) is 4.68 Å². The van der Waals surface area contributed by atoms with Gasteiger partial charge >= 0.3 is 0 Å². The highest BCUT2D eigenvalue weighted by Crippen LogP contribution is 2.45. The van der Waals surface area contributed by atoms with Crippen molar-refractivity contribution in [1.29, 1.82) is 0 Å². The molecule has 1 atom stereocenters. The topological polar surface area (TPSA) is 75.2 Å². The van der Waals surface area contributed by atoms with Gasteiger partial charge in [0.05, 0.1) is 29.4 Å². The van der Waals surface area contributed by atoms with E-state index in [1.54, 1.807) is 13.3 Å². The smallest absolute Gasteiger partial charge is 0.240 e. The van der Waals surface area contributed by atoms with E-state index in [0.29, 0.717) is 12.5 Å². The summed E-state index contributed by atoms with van der Waals surface area (Å²) < 4.78 is 19.1. The van der Waals surface area contributed by atoms with Crippen LogP contribution < -0.4 is 9.47 Å². The molecular formula is C20H18N4O3. The number of rotatable bonds is 3. The number of pyridine rings is 1. The highest BCUT2D eigenvalue weighted by Gasteiger charge is 2.31. The van der Waals surface area contributed by atoms with E-state index in [-0.39, 0.29) is 6.04 Å². The zero-order valence-corrected chi connectivity index (χ0v) is 15.3. The van der Waals surface area contributed by atoms with Gasteiger partial charge < -0.3 is 14.0 Å². The molecule has 0 fully saturated rings. The number of hydrogen-bond acceptors (Lipinski definition) is 6. The van der Waals surface area contributed by atoms with Gasteiger partial charge in [0.1, 0.15) is 23.9 Å². The fourth-order valence-electron chi connectivity index (χ4n) is 3.78. The first-order chi connectivity index (χ1) is 13.2. The molecule has 7 nitrogen and oxygen atoms in total. The summed E-state index contributed by atoms with van der Waals surface area (Å²) in [6.07, 6.45) is 1.78. The van der Waals surface area contributed by atoms with Crippen LogP contribution in [0.1, 0.15) is 23.2 Å². The summed E-state index contributed by atoms with van der Waals surface area (Å²) in [5.41, 5.74) is 4.53. The maximum atomic E-state index is 6.26. The molecule has 136 valence electrons. The molecule has 0 N–H and O–H groups in total. The van der Waals surface area contributed by atoms with E-state index in [1.807, 2.05) is 48.9 Å². The van der Waals surface area contributed by atoms with Crippen LogP contribution in [0.2, 0.25) is 0 Å². The summed E-state index contributed by atoms with van der Waals surface area (Å²) in [5, 5.41) is 9.69. The third-order valence-electron chi connectivity index (χ3n) is 5.00. The lowest BCUT2D eigenvalue weighted by molar-refractivity contribution is 0.244. The van der Waals surface area contributed by atoms with Crippen molar-refractivity contribution < 1.29 is 14.0 Å². The van der Waals surface area contributed by atoms with Crippen LogP contribution in [-0.4, -0.2) is 33.6 Å². The van der Waals surface area contributed by atoms with Crippen LogP contribution in [0.15, 0.2) is 41.1 Å². The Morgan fingerprint density at radius 3 is 2.78 bits per heavy atom. The lowest BCUT2D eigenvalue weighted by Gasteiger charge is -2.26. The molecule has 0 aliphatic carbocycles. The van der Waals surface area contributed by atoms with Gasteiger partial charge in [-0.15, -0.1) is 5.10 Å². The molecule has 0 radical (unpaired) electrons. The van der Waals surface area contributed by atoms with E-state index in [2.05, 4.69) is 10.1 Å². The summed E-state index contributed by atoms with van der Waals surface area (Å²) in [6.45, 7) is 4.27. The van der Waals surface area contributed by atoms with E-state index >= 15 is 0 Å². The summed E-state index contributed by atoms with van der Waals surface area (Å²) in [6, 6.07) is 9.75. The van der Waals surface area contributed by atoms with E-state index in [9.17, 15) is 0 Å². The first-order valence-electron chi connectivity index (χ1n) is 8.75. The fourth-order valence-corrected chi connectivity index (χ4v) is 3.78. The van der Waals surface area contributed by atoms with Crippen LogP contribution in [-0.2, 0) is 0 Å². The Hall–Kier alpha value is -3.35. The van der Waals surface area contributed by atoms with Crippen molar-refractivity contribution in [1.82, 2.24) is 19.9 Å². The highest BCUT2D eigenvalue weighted by atomic mass is 16.5. The van der Waals surface area contributed by atoms with Crippen LogP contribution in [0.25, 0.3) is 22.0 Å². The monoisotopic (exact) mass is 362 g/mol. The summed E-state index contributed by atoms with van der Waals surface area (Å²) in [5.74, 6) is 2.10. The van der Waals surface area contributed by atoms with Crippen LogP contribution in [0, 0.1) is 13.8 Å². The molecule has 0 bridgehead atoms. The number of aryl methyl sites for hydroxylation is 2. The molecule has 1 unspecified atom stereocenters. The molecular weight excluding hydrogens is 344 g/mol. The molecule has 4 aromatic rings. The van der Waals surface area contributed by atoms with Gasteiger partial charge in [-0.1, -0.05) is 11.2 Å². The van der Waals surface area contributed by atoms with Crippen molar-refractivity contribution in [2.24, 2.45) is 0 Å². The molecule has 0 saturated heterocycles. The highest BCUT2D eigenvalue weighted by molar-refractivity contribution is 5.96. The van der Waals surface area contributed by atoms with Crippen molar-refractivity contribution in [3.8, 4) is 22.8 Å². The molecule has 4 heterocycles. The molecule has 3 aromatic heterocycles. The predicted molar refractivity (Wildman–Crippen MR) is 99.1 cm³/mol. The summed E-state index contributed by atoms with van der Waals surface area (Å²) in [7, 11) is 1.63. The van der Waals surface area contributed by atoms with Gasteiger partial charge in [-0.05, 0) is 38.1 Å². The molecule has 1 aliphatic heterocycles. The first kappa shape index (κ1) is 15.9. The number of benzene rings is 1. The zero-order valence-electron chi connectivity index (χ0n) is 15.3. The number of methoxy groups -OCH3 is 1. The molecule has 0 amide bonds. The Morgan fingerprint density at radius 2 is 2.07 bits per heavy atom. The van der Waals surface area contributed by atoms with Crippen LogP contribution >= 0.6 is 0 Å². The van der Waals surface area contributed by atoms with Crippen molar-refractivity contribution in [2.45, 2.75) is 19.9 Å². The van der Waals surface area contributed by atoms with Gasteiger partial charge in [0.25, 0.3) is 0 Å². The van der Waals surface area contributed by atoms with Crippen molar-refractivity contribution in [3.05, 3.63) is 53.7 Å². The average Bonchev–Trinajstić information content (AvgIpc) is 3.24. The first-order valence-corrected chi connectivity index (χ1v) is 8.75. The third-order valence-corrected chi connectivity index (χ3v) is 5.00. The minimum atomic E-state index is -0.120. The van der Waals surface area contributed by atoms with Gasteiger partial charge in [0.15, 0.2) is 5.75 Å². The maximum absolute atomic E-state index is 6.26. The molecule has 7 heteroatoms. The maximum Gasteiger partial charge on any atom is 0.240 e.